The lowest BCUT2D eigenvalue weighted by Gasteiger charge is -2.05. The van der Waals surface area contributed by atoms with Crippen molar-refractivity contribution < 1.29 is 0 Å². The Morgan fingerprint density at radius 1 is 0.652 bits per heavy atom. The second-order valence-corrected chi connectivity index (χ2v) is 5.55. The third-order valence-corrected chi connectivity index (χ3v) is 3.96. The zero-order valence-electron chi connectivity index (χ0n) is 12.5. The van der Waals surface area contributed by atoms with Crippen LogP contribution in [0.1, 0.15) is 11.1 Å². The number of fused-ring (bicyclic) bond motifs is 3. The van der Waals surface area contributed by atoms with Crippen molar-refractivity contribution in [2.45, 2.75) is 0 Å². The van der Waals surface area contributed by atoms with Crippen molar-refractivity contribution in [3.63, 3.8) is 0 Å². The molecule has 0 saturated carbocycles. The molecule has 0 radical (unpaired) electrons. The van der Waals surface area contributed by atoms with Gasteiger partial charge in [0, 0.05) is 22.5 Å². The largest absolute Gasteiger partial charge is 0.399 e. The summed E-state index contributed by atoms with van der Waals surface area (Å²) < 4.78 is 0. The predicted octanol–water partition coefficient (Wildman–Crippen LogP) is 3.70. The van der Waals surface area contributed by atoms with Crippen LogP contribution in [0.2, 0.25) is 0 Å². The summed E-state index contributed by atoms with van der Waals surface area (Å²) in [6, 6.07) is 21.6. The van der Waals surface area contributed by atoms with Crippen LogP contribution >= 0.6 is 0 Å². The lowest BCUT2D eigenvalue weighted by molar-refractivity contribution is 1.33. The summed E-state index contributed by atoms with van der Waals surface area (Å²) in [5.74, 6) is 0. The summed E-state index contributed by atoms with van der Waals surface area (Å²) in [4.78, 5) is 0. The molecule has 0 saturated heterocycles. The fraction of sp³-hybridized carbons (Fsp3) is 0. The van der Waals surface area contributed by atoms with E-state index in [9.17, 15) is 0 Å². The van der Waals surface area contributed by atoms with Gasteiger partial charge in [0.25, 0.3) is 0 Å². The highest BCUT2D eigenvalue weighted by atomic mass is 15.3. The van der Waals surface area contributed by atoms with Crippen molar-refractivity contribution >= 4 is 22.8 Å². The van der Waals surface area contributed by atoms with Crippen molar-refractivity contribution in [3.8, 4) is 11.1 Å². The molecular formula is C19H16N4. The van der Waals surface area contributed by atoms with Crippen molar-refractivity contribution in [2.24, 2.45) is 5.10 Å². The van der Waals surface area contributed by atoms with E-state index in [2.05, 4.69) is 10.5 Å². The van der Waals surface area contributed by atoms with Gasteiger partial charge in [0.05, 0.1) is 11.4 Å². The third-order valence-electron chi connectivity index (χ3n) is 3.96. The average molecular weight is 300 g/mol. The third kappa shape index (κ3) is 2.30. The van der Waals surface area contributed by atoms with Crippen LogP contribution < -0.4 is 16.9 Å². The summed E-state index contributed by atoms with van der Waals surface area (Å²) >= 11 is 0. The molecule has 0 aromatic heterocycles. The van der Waals surface area contributed by atoms with Gasteiger partial charge < -0.3 is 11.5 Å². The van der Waals surface area contributed by atoms with Crippen LogP contribution in [-0.2, 0) is 0 Å². The summed E-state index contributed by atoms with van der Waals surface area (Å²) in [6.45, 7) is 0. The number of anilines is 3. The summed E-state index contributed by atoms with van der Waals surface area (Å²) in [6.07, 6.45) is 0. The second kappa shape index (κ2) is 5.18. The van der Waals surface area contributed by atoms with E-state index < -0.39 is 0 Å². The van der Waals surface area contributed by atoms with E-state index in [0.717, 1.165) is 45.0 Å². The molecule has 0 heterocycles. The fourth-order valence-electron chi connectivity index (χ4n) is 2.88. The van der Waals surface area contributed by atoms with Crippen LogP contribution in [0.25, 0.3) is 11.1 Å². The average Bonchev–Trinajstić information content (AvgIpc) is 2.86. The van der Waals surface area contributed by atoms with Crippen LogP contribution in [0, 0.1) is 0 Å². The molecule has 0 atom stereocenters. The Morgan fingerprint density at radius 3 is 1.78 bits per heavy atom. The Morgan fingerprint density at radius 2 is 1.22 bits per heavy atom. The number of nitrogens with one attached hydrogen (secondary N) is 1. The minimum absolute atomic E-state index is 0.719. The Balaban J connectivity index is 1.85. The number of hydrogen-bond acceptors (Lipinski definition) is 4. The maximum absolute atomic E-state index is 5.97. The van der Waals surface area contributed by atoms with E-state index in [0.29, 0.717) is 0 Å². The van der Waals surface area contributed by atoms with Crippen molar-refractivity contribution in [1.29, 1.82) is 0 Å². The van der Waals surface area contributed by atoms with Gasteiger partial charge in [-0.2, -0.15) is 5.10 Å². The van der Waals surface area contributed by atoms with E-state index in [1.165, 1.54) is 0 Å². The fourth-order valence-corrected chi connectivity index (χ4v) is 2.88. The van der Waals surface area contributed by atoms with Gasteiger partial charge in [-0.3, -0.25) is 5.43 Å². The molecule has 3 aromatic carbocycles. The molecule has 4 rings (SSSR count). The second-order valence-electron chi connectivity index (χ2n) is 5.55. The minimum atomic E-state index is 0.719. The Kier molecular flexibility index (Phi) is 3.01. The Bertz CT molecular complexity index is 860. The maximum Gasteiger partial charge on any atom is 0.0992 e. The van der Waals surface area contributed by atoms with Crippen LogP contribution in [0.15, 0.2) is 71.8 Å². The number of nitrogens with zero attached hydrogens (tertiary/aromatic N) is 1. The molecule has 0 aliphatic heterocycles. The van der Waals surface area contributed by atoms with E-state index >= 15 is 0 Å². The van der Waals surface area contributed by atoms with Crippen molar-refractivity contribution in [3.05, 3.63) is 77.9 Å². The molecular weight excluding hydrogens is 284 g/mol. The molecule has 0 bridgehead atoms. The van der Waals surface area contributed by atoms with Crippen molar-refractivity contribution in [1.82, 2.24) is 0 Å². The first kappa shape index (κ1) is 13.4. The standard InChI is InChI=1S/C19H16N4/c20-12-6-8-15-16-9-7-13(21)11-18(16)19(17(15)10-12)23-22-14-4-2-1-3-5-14/h1-11,22H,20-21H2. The Hall–Kier alpha value is -3.27. The molecule has 0 amide bonds. The first-order valence-electron chi connectivity index (χ1n) is 7.41. The lowest BCUT2D eigenvalue weighted by atomic mass is 10.1. The van der Waals surface area contributed by atoms with Crippen LogP contribution in [-0.4, -0.2) is 5.71 Å². The number of rotatable bonds is 2. The molecule has 23 heavy (non-hydrogen) atoms. The van der Waals surface area contributed by atoms with E-state index in [4.69, 9.17) is 11.5 Å². The molecule has 0 spiro atoms. The maximum atomic E-state index is 5.97. The molecule has 0 unspecified atom stereocenters. The minimum Gasteiger partial charge on any atom is -0.399 e. The lowest BCUT2D eigenvalue weighted by Crippen LogP contribution is -2.04. The Labute approximate surface area is 134 Å². The summed E-state index contributed by atoms with van der Waals surface area (Å²) in [5.41, 5.74) is 22.6. The van der Waals surface area contributed by atoms with Gasteiger partial charge in [-0.25, -0.2) is 0 Å². The summed E-state index contributed by atoms with van der Waals surface area (Å²) in [7, 11) is 0. The van der Waals surface area contributed by atoms with Gasteiger partial charge >= 0.3 is 0 Å². The first-order chi connectivity index (χ1) is 11.2. The molecule has 4 nitrogen and oxygen atoms in total. The number of benzene rings is 3. The quantitative estimate of drug-likeness (QED) is 0.390. The first-order valence-corrected chi connectivity index (χ1v) is 7.41. The van der Waals surface area contributed by atoms with Gasteiger partial charge in [0.1, 0.15) is 0 Å². The van der Waals surface area contributed by atoms with Gasteiger partial charge in [0.15, 0.2) is 0 Å². The molecule has 112 valence electrons. The molecule has 5 N–H and O–H groups in total. The van der Waals surface area contributed by atoms with Gasteiger partial charge in [-0.05, 0) is 47.5 Å². The van der Waals surface area contributed by atoms with E-state index in [1.807, 2.05) is 66.7 Å². The topological polar surface area (TPSA) is 76.4 Å². The van der Waals surface area contributed by atoms with E-state index in [1.54, 1.807) is 0 Å². The smallest absolute Gasteiger partial charge is 0.0992 e. The highest BCUT2D eigenvalue weighted by Gasteiger charge is 2.25. The van der Waals surface area contributed by atoms with Crippen molar-refractivity contribution in [2.75, 3.05) is 16.9 Å². The molecule has 1 aliphatic carbocycles. The zero-order chi connectivity index (χ0) is 15.8. The van der Waals surface area contributed by atoms with Gasteiger partial charge in [-0.15, -0.1) is 0 Å². The van der Waals surface area contributed by atoms with Crippen LogP contribution in [0.3, 0.4) is 0 Å². The van der Waals surface area contributed by atoms with Crippen LogP contribution in [0.5, 0.6) is 0 Å². The van der Waals surface area contributed by atoms with Gasteiger partial charge in [0.2, 0.25) is 0 Å². The highest BCUT2D eigenvalue weighted by molar-refractivity contribution is 6.25. The molecule has 1 aliphatic rings. The zero-order valence-corrected chi connectivity index (χ0v) is 12.5. The monoisotopic (exact) mass is 300 g/mol. The highest BCUT2D eigenvalue weighted by Crippen LogP contribution is 2.38. The number of hydrazone groups is 1. The SMILES string of the molecule is Nc1ccc2c(c1)C(=NNc1ccccc1)c1cc(N)ccc1-2. The molecule has 0 fully saturated rings. The predicted molar refractivity (Wildman–Crippen MR) is 96.4 cm³/mol. The number of para-hydroxylation sites is 1. The van der Waals surface area contributed by atoms with E-state index in [-0.39, 0.29) is 0 Å². The normalized spacial score (nSPS) is 11.7. The number of nitrogen functional groups attached to an aromatic ring is 2. The van der Waals surface area contributed by atoms with Crippen LogP contribution in [0.4, 0.5) is 17.1 Å². The molecule has 4 heteroatoms. The summed E-state index contributed by atoms with van der Waals surface area (Å²) in [5, 5.41) is 4.61. The van der Waals surface area contributed by atoms with Gasteiger partial charge in [-0.1, -0.05) is 30.3 Å². The number of hydrogen-bond donors (Lipinski definition) is 3. The number of nitrogens with two attached hydrogens (primary N) is 2. The molecule has 3 aromatic rings.